The van der Waals surface area contributed by atoms with Gasteiger partial charge in [-0.15, -0.1) is 0 Å². The summed E-state index contributed by atoms with van der Waals surface area (Å²) in [5.41, 5.74) is 2.18. The molecule has 2 aromatic carbocycles. The second kappa shape index (κ2) is 9.57. The summed E-state index contributed by atoms with van der Waals surface area (Å²) >= 11 is 0. The van der Waals surface area contributed by atoms with E-state index < -0.39 is 5.97 Å². The zero-order valence-corrected chi connectivity index (χ0v) is 15.3. The van der Waals surface area contributed by atoms with E-state index in [4.69, 9.17) is 9.84 Å². The van der Waals surface area contributed by atoms with Gasteiger partial charge in [-0.25, -0.2) is 4.98 Å². The summed E-state index contributed by atoms with van der Waals surface area (Å²) in [4.78, 5) is 15.0. The number of nitrogens with zero attached hydrogens (tertiary/aromatic N) is 2. The lowest BCUT2D eigenvalue weighted by atomic mass is 10.1. The van der Waals surface area contributed by atoms with Gasteiger partial charge in [0.1, 0.15) is 11.6 Å². The molecule has 0 aliphatic heterocycles. The molecule has 5 nitrogen and oxygen atoms in total. The topological polar surface area (TPSA) is 64.3 Å². The van der Waals surface area contributed by atoms with Gasteiger partial charge in [-0.05, 0) is 25.3 Å². The number of aliphatic carboxylic acids is 1. The summed E-state index contributed by atoms with van der Waals surface area (Å²) in [5, 5.41) is 8.67. The number of ether oxygens (including phenoxy) is 1. The lowest BCUT2D eigenvalue weighted by Gasteiger charge is -2.13. The third-order valence-electron chi connectivity index (χ3n) is 4.35. The van der Waals surface area contributed by atoms with Gasteiger partial charge < -0.3 is 14.4 Å². The van der Waals surface area contributed by atoms with Crippen LogP contribution in [0.25, 0.3) is 11.4 Å². The number of imidazole rings is 1. The number of benzene rings is 2. The van der Waals surface area contributed by atoms with Crippen molar-refractivity contribution in [3.63, 3.8) is 0 Å². The van der Waals surface area contributed by atoms with Crippen LogP contribution in [-0.4, -0.2) is 27.2 Å². The highest BCUT2D eigenvalue weighted by molar-refractivity contribution is 5.66. The number of hydrogen-bond acceptors (Lipinski definition) is 3. The number of rotatable bonds is 10. The summed E-state index contributed by atoms with van der Waals surface area (Å²) < 4.78 is 8.07. The van der Waals surface area contributed by atoms with Gasteiger partial charge in [0.25, 0.3) is 0 Å². The van der Waals surface area contributed by atoms with Gasteiger partial charge in [0.05, 0.1) is 13.2 Å². The number of aromatic nitrogens is 2. The number of para-hydroxylation sites is 1. The Balaban J connectivity index is 1.62. The van der Waals surface area contributed by atoms with E-state index in [1.54, 1.807) is 0 Å². The van der Waals surface area contributed by atoms with E-state index in [0.717, 1.165) is 35.5 Å². The van der Waals surface area contributed by atoms with Gasteiger partial charge in [0.2, 0.25) is 0 Å². The molecule has 140 valence electrons. The Morgan fingerprint density at radius 2 is 1.78 bits per heavy atom. The van der Waals surface area contributed by atoms with Crippen LogP contribution in [0, 0.1) is 0 Å². The van der Waals surface area contributed by atoms with Crippen molar-refractivity contribution in [1.82, 2.24) is 9.55 Å². The fourth-order valence-electron chi connectivity index (χ4n) is 2.98. The molecule has 0 radical (unpaired) electrons. The molecule has 0 atom stereocenters. The number of carbonyl (C=O) groups is 1. The molecule has 5 heteroatoms. The maximum atomic E-state index is 10.5. The molecule has 0 saturated heterocycles. The van der Waals surface area contributed by atoms with Gasteiger partial charge in [0.15, 0.2) is 0 Å². The molecule has 1 heterocycles. The molecular weight excluding hydrogens is 340 g/mol. The van der Waals surface area contributed by atoms with E-state index in [1.807, 2.05) is 48.8 Å². The Labute approximate surface area is 159 Å². The summed E-state index contributed by atoms with van der Waals surface area (Å²) in [6.45, 7) is 1.27. The van der Waals surface area contributed by atoms with Crippen molar-refractivity contribution >= 4 is 5.97 Å². The normalized spacial score (nSPS) is 10.7. The number of carboxylic acids is 1. The molecule has 0 aliphatic carbocycles. The number of unbranched alkanes of at least 4 members (excludes halogenated alkanes) is 2. The monoisotopic (exact) mass is 364 g/mol. The average Bonchev–Trinajstić information content (AvgIpc) is 3.14. The predicted molar refractivity (Wildman–Crippen MR) is 105 cm³/mol. The summed E-state index contributed by atoms with van der Waals surface area (Å²) in [6, 6.07) is 18.1. The van der Waals surface area contributed by atoms with E-state index in [9.17, 15) is 4.79 Å². The maximum absolute atomic E-state index is 10.5. The Morgan fingerprint density at radius 3 is 2.59 bits per heavy atom. The second-order valence-electron chi connectivity index (χ2n) is 6.41. The molecule has 0 amide bonds. The molecule has 1 N–H and O–H groups in total. The highest BCUT2D eigenvalue weighted by Crippen LogP contribution is 2.23. The number of hydrogen-bond donors (Lipinski definition) is 1. The highest BCUT2D eigenvalue weighted by Gasteiger charge is 2.09. The molecule has 0 saturated carbocycles. The lowest BCUT2D eigenvalue weighted by Crippen LogP contribution is -2.05. The van der Waals surface area contributed by atoms with Crippen LogP contribution in [-0.2, 0) is 11.3 Å². The van der Waals surface area contributed by atoms with Crippen LogP contribution in [0.15, 0.2) is 67.0 Å². The molecule has 3 aromatic rings. The first-order valence-corrected chi connectivity index (χ1v) is 9.23. The van der Waals surface area contributed by atoms with Crippen molar-refractivity contribution in [3.8, 4) is 17.1 Å². The first kappa shape index (κ1) is 18.7. The third-order valence-corrected chi connectivity index (χ3v) is 4.35. The Bertz CT molecular complexity index is 859. The van der Waals surface area contributed by atoms with Crippen LogP contribution >= 0.6 is 0 Å². The summed E-state index contributed by atoms with van der Waals surface area (Å²) in [6.07, 6.45) is 6.41. The van der Waals surface area contributed by atoms with Crippen molar-refractivity contribution in [3.05, 3.63) is 72.6 Å². The van der Waals surface area contributed by atoms with E-state index in [1.165, 1.54) is 0 Å². The summed E-state index contributed by atoms with van der Waals surface area (Å²) in [7, 11) is 0. The maximum Gasteiger partial charge on any atom is 0.303 e. The minimum absolute atomic E-state index is 0.222. The van der Waals surface area contributed by atoms with Crippen LogP contribution in [0.5, 0.6) is 5.75 Å². The Morgan fingerprint density at radius 1 is 1.00 bits per heavy atom. The van der Waals surface area contributed by atoms with Crippen LogP contribution < -0.4 is 4.74 Å². The molecule has 0 unspecified atom stereocenters. The van der Waals surface area contributed by atoms with E-state index in [2.05, 4.69) is 27.8 Å². The zero-order chi connectivity index (χ0) is 18.9. The van der Waals surface area contributed by atoms with Crippen LogP contribution in [0.3, 0.4) is 0 Å². The van der Waals surface area contributed by atoms with Gasteiger partial charge in [-0.1, -0.05) is 48.5 Å². The molecule has 27 heavy (non-hydrogen) atoms. The van der Waals surface area contributed by atoms with Crippen molar-refractivity contribution < 1.29 is 14.6 Å². The highest BCUT2D eigenvalue weighted by atomic mass is 16.5. The number of carboxylic acid groups (broad SMARTS) is 1. The van der Waals surface area contributed by atoms with Gasteiger partial charge in [-0.2, -0.15) is 0 Å². The fraction of sp³-hybridized carbons (Fsp3) is 0.273. The van der Waals surface area contributed by atoms with E-state index in [0.29, 0.717) is 19.6 Å². The lowest BCUT2D eigenvalue weighted by molar-refractivity contribution is -0.137. The molecule has 1 aromatic heterocycles. The molecule has 0 aliphatic rings. The third kappa shape index (κ3) is 5.45. The average molecular weight is 364 g/mol. The second-order valence-corrected chi connectivity index (χ2v) is 6.41. The zero-order valence-electron chi connectivity index (χ0n) is 15.3. The summed E-state index contributed by atoms with van der Waals surface area (Å²) in [5.74, 6) is 1.05. The van der Waals surface area contributed by atoms with Crippen LogP contribution in [0.1, 0.15) is 31.2 Å². The van der Waals surface area contributed by atoms with Crippen molar-refractivity contribution in [2.45, 2.75) is 32.2 Å². The molecular formula is C22H24N2O3. The smallest absolute Gasteiger partial charge is 0.303 e. The first-order valence-electron chi connectivity index (χ1n) is 9.23. The molecule has 0 fully saturated rings. The minimum atomic E-state index is -0.740. The Kier molecular flexibility index (Phi) is 6.63. The minimum Gasteiger partial charge on any atom is -0.493 e. The standard InChI is InChI=1S/C22H24N2O3/c25-21(26)13-5-2-8-16-27-20-12-7-6-11-19(20)17-24-15-14-23-22(24)18-9-3-1-4-10-18/h1,3-4,6-7,9-12,14-15H,2,5,8,13,16-17H2,(H,25,26). The van der Waals surface area contributed by atoms with Crippen molar-refractivity contribution in [1.29, 1.82) is 0 Å². The SMILES string of the molecule is O=C(O)CCCCCOc1ccccc1Cn1ccnc1-c1ccccc1. The molecule has 0 bridgehead atoms. The first-order chi connectivity index (χ1) is 13.2. The fourth-order valence-corrected chi connectivity index (χ4v) is 2.98. The van der Waals surface area contributed by atoms with Crippen LogP contribution in [0.2, 0.25) is 0 Å². The van der Waals surface area contributed by atoms with Crippen molar-refractivity contribution in [2.24, 2.45) is 0 Å². The molecule has 3 rings (SSSR count). The van der Waals surface area contributed by atoms with Crippen LogP contribution in [0.4, 0.5) is 0 Å². The predicted octanol–water partition coefficient (Wildman–Crippen LogP) is 4.62. The van der Waals surface area contributed by atoms with Crippen molar-refractivity contribution in [2.75, 3.05) is 6.61 Å². The van der Waals surface area contributed by atoms with Gasteiger partial charge in [-0.3, -0.25) is 4.79 Å². The van der Waals surface area contributed by atoms with Gasteiger partial charge in [0, 0.05) is 29.9 Å². The Hall–Kier alpha value is -3.08. The van der Waals surface area contributed by atoms with E-state index >= 15 is 0 Å². The quantitative estimate of drug-likeness (QED) is 0.533. The molecule has 0 spiro atoms. The largest absolute Gasteiger partial charge is 0.493 e. The van der Waals surface area contributed by atoms with Gasteiger partial charge >= 0.3 is 5.97 Å². The van der Waals surface area contributed by atoms with E-state index in [-0.39, 0.29) is 6.42 Å².